The van der Waals surface area contributed by atoms with Gasteiger partial charge < -0.3 is 6.15 Å². The summed E-state index contributed by atoms with van der Waals surface area (Å²) in [6.45, 7) is 0. The van der Waals surface area contributed by atoms with Crippen LogP contribution in [-0.4, -0.2) is 8.41 Å². The van der Waals surface area contributed by atoms with Crippen molar-refractivity contribution in [3.8, 4) is 0 Å². The molecule has 0 atom stereocenters. The predicted octanol–water partition coefficient (Wildman–Crippen LogP) is -0.388. The Bertz CT molecular complexity index is 8.00. The van der Waals surface area contributed by atoms with Gasteiger partial charge in [0, 0.05) is 16.8 Å². The maximum absolute atomic E-state index is 0. The molecule has 0 aromatic rings. The van der Waals surface area contributed by atoms with Gasteiger partial charge in [-0.3, -0.25) is 0 Å². The number of hydrogen-bond acceptors (Lipinski definition) is 1. The molecule has 0 spiro atoms. The fourth-order valence-corrected chi connectivity index (χ4v) is 0. The molecule has 0 saturated heterocycles. The molecule has 0 unspecified atom stereocenters. The van der Waals surface area contributed by atoms with Crippen molar-refractivity contribution in [2.75, 3.05) is 0 Å². The van der Waals surface area contributed by atoms with E-state index in [9.17, 15) is 0 Å². The van der Waals surface area contributed by atoms with Crippen LogP contribution in [-0.2, 0) is 16.8 Å². The second-order valence-electron chi connectivity index (χ2n) is 0. The van der Waals surface area contributed by atoms with Gasteiger partial charge in [-0.15, -0.1) is 0 Å². The molecule has 31 valence electrons. The van der Waals surface area contributed by atoms with Crippen LogP contribution in [0.4, 0.5) is 0 Å². The van der Waals surface area contributed by atoms with Crippen LogP contribution in [0.2, 0.25) is 0 Å². The van der Waals surface area contributed by atoms with Crippen molar-refractivity contribution in [2.24, 2.45) is 0 Å². The van der Waals surface area contributed by atoms with Crippen molar-refractivity contribution in [1.82, 2.24) is 6.15 Å². The second kappa shape index (κ2) is 80.1. The first-order valence-electron chi connectivity index (χ1n) is 0. The maximum atomic E-state index is 0. The van der Waals surface area contributed by atoms with Crippen molar-refractivity contribution in [2.45, 2.75) is 7.43 Å². The van der Waals surface area contributed by atoms with Gasteiger partial charge in [-0.1, -0.05) is 7.43 Å². The summed E-state index contributed by atoms with van der Waals surface area (Å²) in [6, 6.07) is 0. The van der Waals surface area contributed by atoms with Gasteiger partial charge in [0.05, 0.1) is 8.41 Å². The Morgan fingerprint density at radius 2 is 1.00 bits per heavy atom. The fraction of sp³-hybridized carbons (Fsp3) is 1.00. The number of rotatable bonds is 0. The molecule has 0 aliphatic heterocycles. The summed E-state index contributed by atoms with van der Waals surface area (Å²) < 4.78 is 0. The summed E-state index contributed by atoms with van der Waals surface area (Å²) in [5, 5.41) is 0. The van der Waals surface area contributed by atoms with Gasteiger partial charge in [0.2, 0.25) is 0 Å². The Morgan fingerprint density at radius 1 is 1.00 bits per heavy atom. The van der Waals surface area contributed by atoms with E-state index in [1.807, 2.05) is 0 Å². The van der Waals surface area contributed by atoms with Crippen LogP contribution in [0.1, 0.15) is 7.43 Å². The minimum absolute atomic E-state index is 0. The van der Waals surface area contributed by atoms with Gasteiger partial charge in [0.15, 0.2) is 0 Å². The van der Waals surface area contributed by atoms with Crippen molar-refractivity contribution in [3.05, 3.63) is 0 Å². The third-order valence-electron chi connectivity index (χ3n) is 0. The summed E-state index contributed by atoms with van der Waals surface area (Å²) >= 11 is 0. The van der Waals surface area contributed by atoms with Crippen LogP contribution in [0.3, 0.4) is 0 Å². The first kappa shape index (κ1) is 200. The molecule has 1 nitrogen and oxygen atoms in total. The Hall–Kier alpha value is 0.531. The summed E-state index contributed by atoms with van der Waals surface area (Å²) in [6.07, 6.45) is 0. The molecule has 0 aliphatic carbocycles. The summed E-state index contributed by atoms with van der Waals surface area (Å²) in [4.78, 5) is 0. The first-order valence-corrected chi connectivity index (χ1v) is 0. The average molecular weight is 106 g/mol. The topological polar surface area (TPSA) is 35.0 Å². The molecule has 1 radical (unpaired) electrons. The van der Waals surface area contributed by atoms with E-state index < -0.39 is 0 Å². The minimum atomic E-state index is 0. The standard InChI is InChI=1S/CH4.BH3.Co.H3N/h1H4;1H3;;1H3. The molecule has 3 N–H and O–H groups in total. The normalized spacial score (nSPS) is 0. The van der Waals surface area contributed by atoms with Crippen molar-refractivity contribution >= 4 is 8.41 Å². The molecular weight excluding hydrogens is 95.8 g/mol. The first-order chi connectivity index (χ1) is 0. The second-order valence-corrected chi connectivity index (χ2v) is 0. The van der Waals surface area contributed by atoms with Gasteiger partial charge >= 0.3 is 0 Å². The van der Waals surface area contributed by atoms with E-state index in [1.54, 1.807) is 0 Å². The van der Waals surface area contributed by atoms with Crippen molar-refractivity contribution in [1.29, 1.82) is 0 Å². The van der Waals surface area contributed by atoms with E-state index in [4.69, 9.17) is 0 Å². The molecule has 4 heavy (non-hydrogen) atoms. The van der Waals surface area contributed by atoms with E-state index >= 15 is 0 Å². The van der Waals surface area contributed by atoms with Gasteiger partial charge in [0.1, 0.15) is 0 Å². The molecule has 0 rings (SSSR count). The van der Waals surface area contributed by atoms with Gasteiger partial charge in [-0.25, -0.2) is 0 Å². The van der Waals surface area contributed by atoms with E-state index in [1.165, 1.54) is 0 Å². The van der Waals surface area contributed by atoms with Gasteiger partial charge in [0.25, 0.3) is 0 Å². The third kappa shape index (κ3) is 21.0. The fourth-order valence-electron chi connectivity index (χ4n) is 0. The van der Waals surface area contributed by atoms with Crippen LogP contribution in [0.15, 0.2) is 0 Å². The molecule has 0 aliphatic rings. The van der Waals surface area contributed by atoms with E-state index in [2.05, 4.69) is 0 Å². The quantitative estimate of drug-likeness (QED) is 0.419. The molecule has 0 aromatic carbocycles. The van der Waals surface area contributed by atoms with Crippen LogP contribution < -0.4 is 6.15 Å². The molecule has 3 heteroatoms. The van der Waals surface area contributed by atoms with E-state index in [0.29, 0.717) is 0 Å². The zero-order chi connectivity index (χ0) is 0. The Kier molecular flexibility index (Phi) is 4010. The Labute approximate surface area is 39.5 Å². The third-order valence-corrected chi connectivity index (χ3v) is 0. The summed E-state index contributed by atoms with van der Waals surface area (Å²) in [5.41, 5.74) is 0. The molecule has 0 bridgehead atoms. The smallest absolute Gasteiger partial charge is 0.0814 e. The zero-order valence-corrected chi connectivity index (χ0v) is 2.08. The zero-order valence-electron chi connectivity index (χ0n) is 1.04. The molecule has 0 heterocycles. The SMILES string of the molecule is B.C.N.[Co]. The van der Waals surface area contributed by atoms with Crippen LogP contribution in [0.25, 0.3) is 0 Å². The van der Waals surface area contributed by atoms with E-state index in [-0.39, 0.29) is 38.8 Å². The van der Waals surface area contributed by atoms with Crippen LogP contribution in [0.5, 0.6) is 0 Å². The van der Waals surface area contributed by atoms with Crippen molar-refractivity contribution in [3.63, 3.8) is 0 Å². The van der Waals surface area contributed by atoms with Crippen molar-refractivity contribution < 1.29 is 16.8 Å². The maximum Gasteiger partial charge on any atom is 0.0814 e. The summed E-state index contributed by atoms with van der Waals surface area (Å²) in [7, 11) is 0. The van der Waals surface area contributed by atoms with Crippen LogP contribution in [0, 0.1) is 0 Å². The summed E-state index contributed by atoms with van der Waals surface area (Å²) in [5.74, 6) is 0. The predicted molar refractivity (Wildman–Crippen MR) is 21.7 cm³/mol. The number of hydrogen-bond donors (Lipinski definition) is 1. The minimum Gasteiger partial charge on any atom is -0.344 e. The van der Waals surface area contributed by atoms with Gasteiger partial charge in [-0.05, 0) is 0 Å². The van der Waals surface area contributed by atoms with Gasteiger partial charge in [-0.2, -0.15) is 0 Å². The Balaban J connectivity index is 0. The Morgan fingerprint density at radius 3 is 1.00 bits per heavy atom. The molecule has 0 saturated carbocycles. The molecular formula is CH10BCoN. The van der Waals surface area contributed by atoms with Crippen LogP contribution >= 0.6 is 0 Å². The monoisotopic (exact) mass is 106 g/mol. The largest absolute Gasteiger partial charge is 0.344 e. The van der Waals surface area contributed by atoms with E-state index in [0.717, 1.165) is 0 Å². The molecule has 0 aromatic heterocycles. The molecule has 0 amide bonds. The average Bonchev–Trinajstić information content (AvgIpc) is 0. The molecule has 0 fully saturated rings.